The van der Waals surface area contributed by atoms with Crippen LogP contribution in [0.15, 0.2) is 18.5 Å². The molecule has 5 heteroatoms. The largest absolute Gasteiger partial charge is 0.335 e. The SMILES string of the molecule is CC1CC(C)C(C)N(C(=O)c2ccncc2NN)C1. The van der Waals surface area contributed by atoms with E-state index in [1.807, 2.05) is 4.90 Å². The fourth-order valence-corrected chi connectivity index (χ4v) is 2.83. The topological polar surface area (TPSA) is 71.2 Å². The molecule has 19 heavy (non-hydrogen) atoms. The normalized spacial score (nSPS) is 27.2. The smallest absolute Gasteiger partial charge is 0.256 e. The predicted octanol–water partition coefficient (Wildman–Crippen LogP) is 1.87. The fraction of sp³-hybridized carbons (Fsp3) is 0.571. The number of aromatic nitrogens is 1. The third-order valence-electron chi connectivity index (χ3n) is 4.07. The summed E-state index contributed by atoms with van der Waals surface area (Å²) in [6.07, 6.45) is 4.37. The Morgan fingerprint density at radius 2 is 2.21 bits per heavy atom. The van der Waals surface area contributed by atoms with E-state index in [0.29, 0.717) is 23.1 Å². The number of amides is 1. The Kier molecular flexibility index (Phi) is 4.04. The van der Waals surface area contributed by atoms with Crippen molar-refractivity contribution in [1.82, 2.24) is 9.88 Å². The quantitative estimate of drug-likeness (QED) is 0.630. The summed E-state index contributed by atoms with van der Waals surface area (Å²) in [6.45, 7) is 7.31. The van der Waals surface area contributed by atoms with E-state index in [2.05, 4.69) is 31.2 Å². The molecule has 0 spiro atoms. The molecule has 3 N–H and O–H groups in total. The average molecular weight is 262 g/mol. The first-order chi connectivity index (χ1) is 9.04. The van der Waals surface area contributed by atoms with Gasteiger partial charge in [-0.25, -0.2) is 0 Å². The van der Waals surface area contributed by atoms with Gasteiger partial charge in [-0.15, -0.1) is 0 Å². The lowest BCUT2D eigenvalue weighted by atomic mass is 9.85. The molecule has 1 saturated heterocycles. The van der Waals surface area contributed by atoms with E-state index in [-0.39, 0.29) is 11.9 Å². The van der Waals surface area contributed by atoms with Crippen molar-refractivity contribution in [2.75, 3.05) is 12.0 Å². The molecule has 104 valence electrons. The molecular weight excluding hydrogens is 240 g/mol. The minimum absolute atomic E-state index is 0.0289. The Hall–Kier alpha value is -1.62. The van der Waals surface area contributed by atoms with Crippen LogP contribution in [-0.2, 0) is 0 Å². The monoisotopic (exact) mass is 262 g/mol. The number of pyridine rings is 1. The van der Waals surface area contributed by atoms with Crippen molar-refractivity contribution in [2.24, 2.45) is 17.7 Å². The predicted molar refractivity (Wildman–Crippen MR) is 75.5 cm³/mol. The van der Waals surface area contributed by atoms with Gasteiger partial charge in [0.2, 0.25) is 0 Å². The fourth-order valence-electron chi connectivity index (χ4n) is 2.83. The van der Waals surface area contributed by atoms with Crippen molar-refractivity contribution >= 4 is 11.6 Å². The van der Waals surface area contributed by atoms with Gasteiger partial charge in [0.05, 0.1) is 17.4 Å². The molecule has 2 heterocycles. The zero-order valence-electron chi connectivity index (χ0n) is 11.8. The molecule has 0 radical (unpaired) electrons. The number of piperidine rings is 1. The van der Waals surface area contributed by atoms with Crippen molar-refractivity contribution in [1.29, 1.82) is 0 Å². The summed E-state index contributed by atoms with van der Waals surface area (Å²) in [5.41, 5.74) is 3.71. The molecule has 2 rings (SSSR count). The number of nitrogens with one attached hydrogen (secondary N) is 1. The number of hydrogen-bond donors (Lipinski definition) is 2. The molecule has 0 aliphatic carbocycles. The highest BCUT2D eigenvalue weighted by molar-refractivity contribution is 5.99. The molecule has 0 saturated carbocycles. The van der Waals surface area contributed by atoms with E-state index in [1.54, 1.807) is 18.5 Å². The molecule has 3 unspecified atom stereocenters. The highest BCUT2D eigenvalue weighted by Gasteiger charge is 2.33. The molecule has 5 nitrogen and oxygen atoms in total. The summed E-state index contributed by atoms with van der Waals surface area (Å²) in [5, 5.41) is 0. The average Bonchev–Trinajstić information content (AvgIpc) is 2.42. The number of nitrogens with two attached hydrogens (primary N) is 1. The third kappa shape index (κ3) is 2.71. The number of nitrogen functional groups attached to an aromatic ring is 1. The van der Waals surface area contributed by atoms with Gasteiger partial charge in [-0.1, -0.05) is 13.8 Å². The van der Waals surface area contributed by atoms with Gasteiger partial charge in [0, 0.05) is 18.8 Å². The van der Waals surface area contributed by atoms with Crippen LogP contribution in [0.2, 0.25) is 0 Å². The molecule has 1 amide bonds. The second-order valence-corrected chi connectivity index (χ2v) is 5.58. The molecule has 0 bridgehead atoms. The van der Waals surface area contributed by atoms with Crippen LogP contribution in [0.4, 0.5) is 5.69 Å². The van der Waals surface area contributed by atoms with Crippen LogP contribution >= 0.6 is 0 Å². The van der Waals surface area contributed by atoms with Crippen molar-refractivity contribution in [3.05, 3.63) is 24.0 Å². The highest BCUT2D eigenvalue weighted by Crippen LogP contribution is 2.29. The Morgan fingerprint density at radius 3 is 2.89 bits per heavy atom. The number of rotatable bonds is 2. The van der Waals surface area contributed by atoms with E-state index < -0.39 is 0 Å². The summed E-state index contributed by atoms with van der Waals surface area (Å²) in [7, 11) is 0. The molecular formula is C14H22N4O. The van der Waals surface area contributed by atoms with E-state index >= 15 is 0 Å². The van der Waals surface area contributed by atoms with Crippen LogP contribution in [0.1, 0.15) is 37.6 Å². The summed E-state index contributed by atoms with van der Waals surface area (Å²) in [5.74, 6) is 6.53. The van der Waals surface area contributed by atoms with E-state index in [1.165, 1.54) is 6.42 Å². The number of carbonyl (C=O) groups excluding carboxylic acids is 1. The second kappa shape index (κ2) is 5.57. The number of carbonyl (C=O) groups is 1. The Bertz CT molecular complexity index is 463. The molecule has 1 fully saturated rings. The Morgan fingerprint density at radius 1 is 1.47 bits per heavy atom. The lowest BCUT2D eigenvalue weighted by molar-refractivity contribution is 0.0456. The number of anilines is 1. The first-order valence-corrected chi connectivity index (χ1v) is 6.76. The highest BCUT2D eigenvalue weighted by atomic mass is 16.2. The van der Waals surface area contributed by atoms with Crippen molar-refractivity contribution in [3.8, 4) is 0 Å². The first kappa shape index (κ1) is 13.8. The summed E-state index contributed by atoms with van der Waals surface area (Å²) < 4.78 is 0. The lowest BCUT2D eigenvalue weighted by Gasteiger charge is -2.41. The van der Waals surface area contributed by atoms with Gasteiger partial charge in [0.25, 0.3) is 5.91 Å². The first-order valence-electron chi connectivity index (χ1n) is 6.76. The third-order valence-corrected chi connectivity index (χ3v) is 4.07. The number of nitrogens with zero attached hydrogens (tertiary/aromatic N) is 2. The second-order valence-electron chi connectivity index (χ2n) is 5.58. The van der Waals surface area contributed by atoms with Gasteiger partial charge < -0.3 is 10.3 Å². The van der Waals surface area contributed by atoms with E-state index in [0.717, 1.165) is 6.54 Å². The van der Waals surface area contributed by atoms with Crippen LogP contribution in [-0.4, -0.2) is 28.4 Å². The zero-order valence-corrected chi connectivity index (χ0v) is 11.8. The maximum absolute atomic E-state index is 12.7. The Labute approximate surface area is 114 Å². The summed E-state index contributed by atoms with van der Waals surface area (Å²) in [6, 6.07) is 1.97. The maximum atomic E-state index is 12.7. The van der Waals surface area contributed by atoms with Crippen LogP contribution in [0.3, 0.4) is 0 Å². The molecule has 3 atom stereocenters. The lowest BCUT2D eigenvalue weighted by Crippen LogP contribution is -2.49. The molecule has 0 aromatic carbocycles. The molecule has 1 aliphatic heterocycles. The van der Waals surface area contributed by atoms with Gasteiger partial charge in [-0.2, -0.15) is 0 Å². The maximum Gasteiger partial charge on any atom is 0.256 e. The van der Waals surface area contributed by atoms with Crippen LogP contribution in [0, 0.1) is 11.8 Å². The van der Waals surface area contributed by atoms with Crippen LogP contribution in [0.5, 0.6) is 0 Å². The molecule has 1 aromatic heterocycles. The summed E-state index contributed by atoms with van der Waals surface area (Å²) >= 11 is 0. The van der Waals surface area contributed by atoms with Gasteiger partial charge >= 0.3 is 0 Å². The summed E-state index contributed by atoms with van der Waals surface area (Å²) in [4.78, 5) is 18.6. The minimum atomic E-state index is 0.0289. The number of hydrazine groups is 1. The van der Waals surface area contributed by atoms with Gasteiger partial charge in [0.15, 0.2) is 0 Å². The van der Waals surface area contributed by atoms with Gasteiger partial charge in [-0.3, -0.25) is 15.6 Å². The minimum Gasteiger partial charge on any atom is -0.335 e. The Balaban J connectivity index is 2.27. The number of hydrogen-bond acceptors (Lipinski definition) is 4. The van der Waals surface area contributed by atoms with Crippen molar-refractivity contribution in [3.63, 3.8) is 0 Å². The van der Waals surface area contributed by atoms with E-state index in [4.69, 9.17) is 5.84 Å². The molecule has 1 aliphatic rings. The van der Waals surface area contributed by atoms with Crippen molar-refractivity contribution in [2.45, 2.75) is 33.2 Å². The van der Waals surface area contributed by atoms with Crippen LogP contribution < -0.4 is 11.3 Å². The zero-order chi connectivity index (χ0) is 14.0. The van der Waals surface area contributed by atoms with Gasteiger partial charge in [0.1, 0.15) is 0 Å². The van der Waals surface area contributed by atoms with Crippen molar-refractivity contribution < 1.29 is 4.79 Å². The van der Waals surface area contributed by atoms with E-state index in [9.17, 15) is 4.79 Å². The standard InChI is InChI=1S/C14H22N4O/c1-9-6-10(2)11(3)18(8-9)14(19)12-4-5-16-7-13(12)17-15/h4-5,7,9-11,17H,6,8,15H2,1-3H3. The number of likely N-dealkylation sites (tertiary alicyclic amines) is 1. The van der Waals surface area contributed by atoms with Gasteiger partial charge in [-0.05, 0) is 31.2 Å². The van der Waals surface area contributed by atoms with Crippen LogP contribution in [0.25, 0.3) is 0 Å². The molecule has 1 aromatic rings.